The summed E-state index contributed by atoms with van der Waals surface area (Å²) < 4.78 is 0. The lowest BCUT2D eigenvalue weighted by Crippen LogP contribution is -2.60. The zero-order valence-electron chi connectivity index (χ0n) is 35.0. The maximum Gasteiger partial charge on any atom is 0.243 e. The number of benzene rings is 1. The number of guanidine groups is 1. The Bertz CT molecular complexity index is 2150. The van der Waals surface area contributed by atoms with E-state index in [2.05, 4.69) is 51.8 Å². The molecule has 4 aromatic rings. The summed E-state index contributed by atoms with van der Waals surface area (Å²) in [7, 11) is 0. The van der Waals surface area contributed by atoms with E-state index in [0.29, 0.717) is 18.5 Å². The summed E-state index contributed by atoms with van der Waals surface area (Å²) in [6.07, 6.45) is 6.72. The highest BCUT2D eigenvalue weighted by Gasteiger charge is 2.33. The summed E-state index contributed by atoms with van der Waals surface area (Å²) in [6, 6.07) is 4.13. The largest absolute Gasteiger partial charge is 0.370 e. The van der Waals surface area contributed by atoms with Gasteiger partial charge in [0, 0.05) is 66.6 Å². The number of H-pyrrole nitrogens is 2. The number of carbonyl (C=O) groups is 7. The number of aromatic nitrogens is 3. The molecule has 0 unspecified atom stereocenters. The van der Waals surface area contributed by atoms with Gasteiger partial charge in [0.05, 0.1) is 6.33 Å². The highest BCUT2D eigenvalue weighted by atomic mass is 32.1. The highest BCUT2D eigenvalue weighted by Crippen LogP contribution is 2.19. The second-order valence-electron chi connectivity index (χ2n) is 14.8. The molecule has 0 saturated heterocycles. The third kappa shape index (κ3) is 15.0. The van der Waals surface area contributed by atoms with Gasteiger partial charge in [0.15, 0.2) is 5.96 Å². The minimum Gasteiger partial charge on any atom is -0.370 e. The van der Waals surface area contributed by atoms with Crippen LogP contribution in [0.2, 0.25) is 0 Å². The summed E-state index contributed by atoms with van der Waals surface area (Å²) in [5.74, 6) is -4.79. The van der Waals surface area contributed by atoms with Crippen molar-refractivity contribution in [1.29, 1.82) is 0 Å². The van der Waals surface area contributed by atoms with Gasteiger partial charge in [0.2, 0.25) is 41.4 Å². The van der Waals surface area contributed by atoms with Crippen LogP contribution in [0.5, 0.6) is 0 Å². The van der Waals surface area contributed by atoms with Gasteiger partial charge in [0.1, 0.15) is 36.3 Å². The highest BCUT2D eigenvalue weighted by molar-refractivity contribution is 7.09. The molecule has 0 aliphatic heterocycles. The van der Waals surface area contributed by atoms with E-state index in [4.69, 9.17) is 17.2 Å². The molecule has 20 nitrogen and oxygen atoms in total. The maximum atomic E-state index is 14.2. The minimum atomic E-state index is -1.27. The Balaban J connectivity index is 1.54. The van der Waals surface area contributed by atoms with Crippen molar-refractivity contribution in [2.75, 3.05) is 6.54 Å². The van der Waals surface area contributed by atoms with Crippen LogP contribution in [0.1, 0.15) is 69.0 Å². The van der Waals surface area contributed by atoms with Crippen molar-refractivity contribution < 1.29 is 33.6 Å². The fraction of sp³-hybridized carbons (Fsp3) is 0.439. The average Bonchev–Trinajstić information content (AvgIpc) is 4.03. The third-order valence-electron chi connectivity index (χ3n) is 9.86. The van der Waals surface area contributed by atoms with E-state index in [1.807, 2.05) is 31.2 Å². The van der Waals surface area contributed by atoms with Gasteiger partial charge in [0.25, 0.3) is 0 Å². The standard InChI is InChI=1S/C41H57N13O7S/c1-4-5-12-30(50-24(3)55)37(58)49-23(2)36(57)53-33(18-26-21-45-22-48-26)39(60)54-34(19-27-10-9-16-62-27)40(61)51-31(14-8-15-46-41(43)44)38(59)52-32(35(42)56)17-25-20-47-29-13-7-6-11-28(25)29/h6-7,9-11,13,16,20-23,30-34,47H,4-5,8,12,14-15,17-19H2,1-3H3,(H2,42,56)(H,45,48)(H,49,58)(H,50,55)(H,51,61)(H,52,59)(H,53,57)(H,54,60)(H4,43,44,46)/t23-,30-,31-,32-,33-,34+/m0/s1. The van der Waals surface area contributed by atoms with Crippen molar-refractivity contribution in [3.63, 3.8) is 0 Å². The minimum absolute atomic E-state index is 0.0154. The number of imidazole rings is 1. The first kappa shape index (κ1) is 47.9. The van der Waals surface area contributed by atoms with Crippen LogP contribution in [0.3, 0.4) is 0 Å². The predicted octanol–water partition coefficient (Wildman–Crippen LogP) is -0.342. The summed E-state index contributed by atoms with van der Waals surface area (Å²) >= 11 is 1.35. The smallest absolute Gasteiger partial charge is 0.243 e. The molecule has 0 aliphatic rings. The van der Waals surface area contributed by atoms with Gasteiger partial charge in [-0.1, -0.05) is 44.0 Å². The Hall–Kier alpha value is -6.77. The number of nitrogens with one attached hydrogen (secondary N) is 8. The monoisotopic (exact) mass is 875 g/mol. The van der Waals surface area contributed by atoms with Crippen molar-refractivity contribution >= 4 is 69.5 Å². The number of carbonyl (C=O) groups excluding carboxylic acids is 7. The molecule has 0 aliphatic carbocycles. The van der Waals surface area contributed by atoms with Crippen LogP contribution in [0.15, 0.2) is 65.5 Å². The summed E-state index contributed by atoms with van der Waals surface area (Å²) in [5.41, 5.74) is 18.8. The lowest BCUT2D eigenvalue weighted by molar-refractivity contribution is -0.135. The molecule has 62 heavy (non-hydrogen) atoms. The predicted molar refractivity (Wildman–Crippen MR) is 234 cm³/mol. The third-order valence-corrected chi connectivity index (χ3v) is 10.8. The van der Waals surface area contributed by atoms with Gasteiger partial charge >= 0.3 is 0 Å². The zero-order valence-corrected chi connectivity index (χ0v) is 35.8. The molecular formula is C41H57N13O7S. The second-order valence-corrected chi connectivity index (χ2v) is 15.9. The Morgan fingerprint density at radius 3 is 2.00 bits per heavy atom. The molecule has 3 heterocycles. The topological polar surface area (TPSA) is 327 Å². The lowest BCUT2D eigenvalue weighted by atomic mass is 10.0. The van der Waals surface area contributed by atoms with Crippen LogP contribution in [0.25, 0.3) is 10.9 Å². The van der Waals surface area contributed by atoms with Crippen molar-refractivity contribution in [1.82, 2.24) is 46.9 Å². The van der Waals surface area contributed by atoms with Gasteiger partial charge < -0.3 is 59.1 Å². The van der Waals surface area contributed by atoms with Crippen LogP contribution >= 0.6 is 11.3 Å². The number of primary amides is 1. The first-order valence-corrected chi connectivity index (χ1v) is 21.2. The summed E-state index contributed by atoms with van der Waals surface area (Å²) in [6.45, 7) is 4.81. The molecule has 6 atom stereocenters. The number of unbranched alkanes of at least 4 members (excludes halogenated alkanes) is 1. The van der Waals surface area contributed by atoms with Crippen LogP contribution in [-0.2, 0) is 52.8 Å². The van der Waals surface area contributed by atoms with E-state index >= 15 is 0 Å². The fourth-order valence-corrected chi connectivity index (χ4v) is 7.35. The molecule has 0 fully saturated rings. The molecule has 3 aromatic heterocycles. The summed E-state index contributed by atoms with van der Waals surface area (Å²) in [4.78, 5) is 108. The second kappa shape index (κ2) is 23.9. The van der Waals surface area contributed by atoms with Crippen LogP contribution < -0.4 is 49.1 Å². The van der Waals surface area contributed by atoms with Gasteiger partial charge in [-0.15, -0.1) is 11.3 Å². The van der Waals surface area contributed by atoms with E-state index in [9.17, 15) is 33.6 Å². The Morgan fingerprint density at radius 2 is 1.35 bits per heavy atom. The van der Waals surface area contributed by atoms with Crippen LogP contribution in [0.4, 0.5) is 0 Å². The first-order chi connectivity index (χ1) is 29.6. The van der Waals surface area contributed by atoms with Crippen LogP contribution in [0, 0.1) is 0 Å². The van der Waals surface area contributed by atoms with Crippen molar-refractivity contribution in [3.8, 4) is 0 Å². The van der Waals surface area contributed by atoms with E-state index in [0.717, 1.165) is 27.8 Å². The van der Waals surface area contributed by atoms with E-state index < -0.39 is 77.6 Å². The maximum absolute atomic E-state index is 14.2. The van der Waals surface area contributed by atoms with E-state index in [1.54, 1.807) is 23.7 Å². The number of hydrogen-bond donors (Lipinski definition) is 11. The average molecular weight is 876 g/mol. The van der Waals surface area contributed by atoms with Crippen molar-refractivity contribution in [2.24, 2.45) is 22.2 Å². The molecule has 1 aromatic carbocycles. The molecule has 4 rings (SSSR count). The number of thiophene rings is 1. The van der Waals surface area contributed by atoms with Crippen LogP contribution in [-0.4, -0.2) is 105 Å². The van der Waals surface area contributed by atoms with Gasteiger partial charge in [-0.25, -0.2) is 4.98 Å². The van der Waals surface area contributed by atoms with Crippen molar-refractivity contribution in [2.45, 2.75) is 108 Å². The molecule has 7 amide bonds. The Morgan fingerprint density at radius 1 is 0.726 bits per heavy atom. The number of amides is 7. The molecule has 21 heteroatoms. The number of hydrogen-bond acceptors (Lipinski definition) is 10. The van der Waals surface area contributed by atoms with Crippen molar-refractivity contribution in [3.05, 3.63) is 76.6 Å². The first-order valence-electron chi connectivity index (χ1n) is 20.3. The SMILES string of the molecule is CCCC[C@H](NC(C)=O)C(=O)N[C@@H](C)C(=O)N[C@@H](Cc1cnc[nH]1)C(=O)N[C@H](Cc1cccs1)C(=O)N[C@@H](CCCN=C(N)N)C(=O)N[C@@H](Cc1c[nH]c2ccccc12)C(N)=O. The van der Waals surface area contributed by atoms with E-state index in [1.165, 1.54) is 37.7 Å². The molecule has 334 valence electrons. The summed E-state index contributed by atoms with van der Waals surface area (Å²) in [5, 5.41) is 18.8. The van der Waals surface area contributed by atoms with E-state index in [-0.39, 0.29) is 44.6 Å². The zero-order chi connectivity index (χ0) is 45.2. The lowest BCUT2D eigenvalue weighted by Gasteiger charge is -2.27. The van der Waals surface area contributed by atoms with Gasteiger partial charge in [-0.05, 0) is 49.3 Å². The number of aliphatic imine (C=N–C) groups is 1. The molecule has 14 N–H and O–H groups in total. The molecule has 0 radical (unpaired) electrons. The Labute approximate surface area is 362 Å². The number of fused-ring (bicyclic) bond motifs is 1. The van der Waals surface area contributed by atoms with Gasteiger partial charge in [-0.2, -0.15) is 0 Å². The normalized spacial score (nSPS) is 13.9. The molecule has 0 saturated carbocycles. The molecule has 0 spiro atoms. The molecular weight excluding hydrogens is 819 g/mol. The number of rotatable bonds is 25. The number of nitrogens with two attached hydrogens (primary N) is 3. The number of para-hydroxylation sites is 1. The number of nitrogens with zero attached hydrogens (tertiary/aromatic N) is 2. The number of aromatic amines is 2. The van der Waals surface area contributed by atoms with Gasteiger partial charge in [-0.3, -0.25) is 38.6 Å². The molecule has 0 bridgehead atoms. The quantitative estimate of drug-likeness (QED) is 0.0234. The fourth-order valence-electron chi connectivity index (χ4n) is 6.60. The Kier molecular flexibility index (Phi) is 18.4.